The van der Waals surface area contributed by atoms with E-state index >= 15 is 0 Å². The topological polar surface area (TPSA) is 54.0 Å². The van der Waals surface area contributed by atoms with Crippen LogP contribution in [0, 0.1) is 5.82 Å². The van der Waals surface area contributed by atoms with E-state index < -0.39 is 0 Å². The second-order valence-electron chi connectivity index (χ2n) is 6.36. The van der Waals surface area contributed by atoms with E-state index in [1.54, 1.807) is 42.5 Å². The van der Waals surface area contributed by atoms with Gasteiger partial charge in [0.25, 0.3) is 5.91 Å². The van der Waals surface area contributed by atoms with Gasteiger partial charge in [-0.3, -0.25) is 4.79 Å². The Morgan fingerprint density at radius 1 is 0.933 bits per heavy atom. The number of nitrogens with one attached hydrogen (secondary N) is 2. The maximum absolute atomic E-state index is 13.3. The van der Waals surface area contributed by atoms with E-state index in [1.165, 1.54) is 23.5 Å². The van der Waals surface area contributed by atoms with Crippen LogP contribution >= 0.6 is 34.5 Å². The summed E-state index contributed by atoms with van der Waals surface area (Å²) in [6, 6.07) is 18.2. The molecule has 4 aromatic rings. The average molecular weight is 458 g/mol. The molecule has 0 radical (unpaired) electrons. The molecular weight excluding hydrogens is 444 g/mol. The van der Waals surface area contributed by atoms with Gasteiger partial charge >= 0.3 is 0 Å². The summed E-state index contributed by atoms with van der Waals surface area (Å²) in [6.45, 7) is 0. The lowest BCUT2D eigenvalue weighted by Gasteiger charge is -2.07. The minimum atomic E-state index is -0.311. The highest BCUT2D eigenvalue weighted by Crippen LogP contribution is 2.28. The number of carbonyl (C=O) groups excluding carboxylic acids is 1. The van der Waals surface area contributed by atoms with Gasteiger partial charge in [0.2, 0.25) is 0 Å². The number of rotatable bonds is 5. The molecule has 0 saturated carbocycles. The van der Waals surface area contributed by atoms with Crippen molar-refractivity contribution in [3.63, 3.8) is 0 Å². The fourth-order valence-electron chi connectivity index (χ4n) is 2.77. The van der Waals surface area contributed by atoms with E-state index in [0.29, 0.717) is 32.1 Å². The highest BCUT2D eigenvalue weighted by atomic mass is 35.5. The lowest BCUT2D eigenvalue weighted by Crippen LogP contribution is -2.11. The van der Waals surface area contributed by atoms with Gasteiger partial charge in [0.1, 0.15) is 5.82 Å². The van der Waals surface area contributed by atoms with Crippen molar-refractivity contribution in [2.75, 3.05) is 10.6 Å². The predicted molar refractivity (Wildman–Crippen MR) is 122 cm³/mol. The molecule has 1 aromatic heterocycles. The lowest BCUT2D eigenvalue weighted by molar-refractivity contribution is 0.102. The molecule has 0 atom stereocenters. The van der Waals surface area contributed by atoms with E-state index in [-0.39, 0.29) is 11.7 Å². The molecule has 0 spiro atoms. The monoisotopic (exact) mass is 457 g/mol. The molecule has 0 aliphatic carbocycles. The Bertz CT molecular complexity index is 1190. The number of halogens is 3. The molecule has 1 amide bonds. The van der Waals surface area contributed by atoms with Crippen molar-refractivity contribution < 1.29 is 9.18 Å². The SMILES string of the molecule is O=C(Nc1ccc(-c2csc(Nc3cccc(F)c3)n2)cc1)c1cc(Cl)cc(Cl)c1. The summed E-state index contributed by atoms with van der Waals surface area (Å²) < 4.78 is 13.3. The van der Waals surface area contributed by atoms with Gasteiger partial charge in [-0.25, -0.2) is 9.37 Å². The van der Waals surface area contributed by atoms with E-state index in [1.807, 2.05) is 17.5 Å². The number of carbonyl (C=O) groups is 1. The number of aromatic nitrogens is 1. The Morgan fingerprint density at radius 3 is 2.37 bits per heavy atom. The molecule has 150 valence electrons. The van der Waals surface area contributed by atoms with Crippen LogP contribution in [-0.2, 0) is 0 Å². The maximum atomic E-state index is 13.3. The molecule has 3 aromatic carbocycles. The van der Waals surface area contributed by atoms with Crippen molar-refractivity contribution in [2.45, 2.75) is 0 Å². The smallest absolute Gasteiger partial charge is 0.255 e. The Balaban J connectivity index is 1.45. The van der Waals surface area contributed by atoms with Crippen molar-refractivity contribution in [3.8, 4) is 11.3 Å². The van der Waals surface area contributed by atoms with E-state index in [2.05, 4.69) is 15.6 Å². The van der Waals surface area contributed by atoms with Gasteiger partial charge in [-0.1, -0.05) is 41.4 Å². The first kappa shape index (κ1) is 20.3. The minimum Gasteiger partial charge on any atom is -0.331 e. The first-order valence-electron chi connectivity index (χ1n) is 8.82. The van der Waals surface area contributed by atoms with E-state index in [0.717, 1.165) is 11.3 Å². The first-order valence-corrected chi connectivity index (χ1v) is 10.5. The van der Waals surface area contributed by atoms with Crippen LogP contribution < -0.4 is 10.6 Å². The molecule has 0 bridgehead atoms. The number of thiazole rings is 1. The summed E-state index contributed by atoms with van der Waals surface area (Å²) in [5.41, 5.74) is 3.31. The lowest BCUT2D eigenvalue weighted by atomic mass is 10.1. The summed E-state index contributed by atoms with van der Waals surface area (Å²) in [5.74, 6) is -0.614. The van der Waals surface area contributed by atoms with Crippen LogP contribution in [0.1, 0.15) is 10.4 Å². The van der Waals surface area contributed by atoms with Crippen molar-refractivity contribution in [2.24, 2.45) is 0 Å². The zero-order chi connectivity index (χ0) is 21.1. The molecule has 0 aliphatic heterocycles. The second-order valence-corrected chi connectivity index (χ2v) is 8.09. The van der Waals surface area contributed by atoms with Gasteiger partial charge in [0.05, 0.1) is 5.69 Å². The molecule has 2 N–H and O–H groups in total. The molecule has 30 heavy (non-hydrogen) atoms. The van der Waals surface area contributed by atoms with Crippen LogP contribution in [0.5, 0.6) is 0 Å². The third kappa shape index (κ3) is 4.97. The third-order valence-corrected chi connectivity index (χ3v) is 5.34. The Morgan fingerprint density at radius 2 is 1.67 bits per heavy atom. The van der Waals surface area contributed by atoms with Crippen molar-refractivity contribution in [1.82, 2.24) is 4.98 Å². The molecule has 0 fully saturated rings. The summed E-state index contributed by atoms with van der Waals surface area (Å²) in [4.78, 5) is 16.9. The third-order valence-electron chi connectivity index (χ3n) is 4.14. The number of benzene rings is 3. The van der Waals surface area contributed by atoms with Gasteiger partial charge < -0.3 is 10.6 Å². The molecule has 0 aliphatic rings. The van der Waals surface area contributed by atoms with E-state index in [4.69, 9.17) is 23.2 Å². The second kappa shape index (κ2) is 8.83. The van der Waals surface area contributed by atoms with E-state index in [9.17, 15) is 9.18 Å². The number of amides is 1. The average Bonchev–Trinajstić information content (AvgIpc) is 3.16. The summed E-state index contributed by atoms with van der Waals surface area (Å²) >= 11 is 13.3. The van der Waals surface area contributed by atoms with Gasteiger partial charge in [0.15, 0.2) is 5.13 Å². The quantitative estimate of drug-likeness (QED) is 0.331. The van der Waals surface area contributed by atoms with Gasteiger partial charge in [0, 0.05) is 37.9 Å². The fraction of sp³-hybridized carbons (Fsp3) is 0. The number of hydrogen-bond donors (Lipinski definition) is 2. The van der Waals surface area contributed by atoms with Crippen molar-refractivity contribution >= 4 is 57.0 Å². The Hall–Kier alpha value is -2.93. The summed E-state index contributed by atoms with van der Waals surface area (Å²) in [7, 11) is 0. The number of anilines is 3. The normalized spacial score (nSPS) is 10.6. The zero-order valence-electron chi connectivity index (χ0n) is 15.3. The highest BCUT2D eigenvalue weighted by Gasteiger charge is 2.10. The molecular formula is C22H14Cl2FN3OS. The standard InChI is InChI=1S/C22H14Cl2FN3OS/c23-15-8-14(9-16(24)10-15)21(29)26-18-6-4-13(5-7-18)20-12-30-22(28-20)27-19-3-1-2-17(25)11-19/h1-12H,(H,26,29)(H,27,28). The van der Waals surface area contributed by atoms with Crippen LogP contribution in [0.4, 0.5) is 20.9 Å². The maximum Gasteiger partial charge on any atom is 0.255 e. The van der Waals surface area contributed by atoms with Crippen molar-refractivity contribution in [1.29, 1.82) is 0 Å². The molecule has 1 heterocycles. The first-order chi connectivity index (χ1) is 14.5. The molecule has 4 rings (SSSR count). The van der Waals surface area contributed by atoms with Gasteiger partial charge in [-0.05, 0) is 48.5 Å². The summed E-state index contributed by atoms with van der Waals surface area (Å²) in [6.07, 6.45) is 0. The van der Waals surface area contributed by atoms with Crippen LogP contribution in [0.25, 0.3) is 11.3 Å². The Kier molecular flexibility index (Phi) is 5.99. The fourth-order valence-corrected chi connectivity index (χ4v) is 4.03. The minimum absolute atomic E-state index is 0.303. The van der Waals surface area contributed by atoms with Crippen LogP contribution in [0.15, 0.2) is 72.1 Å². The van der Waals surface area contributed by atoms with Gasteiger partial charge in [-0.15, -0.1) is 11.3 Å². The Labute approximate surface area is 186 Å². The molecule has 0 saturated heterocycles. The van der Waals surface area contributed by atoms with Crippen LogP contribution in [0.2, 0.25) is 10.0 Å². The number of nitrogens with zero attached hydrogens (tertiary/aromatic N) is 1. The predicted octanol–water partition coefficient (Wildman–Crippen LogP) is 7.25. The molecule has 0 unspecified atom stereocenters. The van der Waals surface area contributed by atoms with Crippen LogP contribution in [0.3, 0.4) is 0 Å². The van der Waals surface area contributed by atoms with Crippen molar-refractivity contribution in [3.05, 3.63) is 93.5 Å². The highest BCUT2D eigenvalue weighted by molar-refractivity contribution is 7.14. The van der Waals surface area contributed by atoms with Gasteiger partial charge in [-0.2, -0.15) is 0 Å². The van der Waals surface area contributed by atoms with Crippen LogP contribution in [-0.4, -0.2) is 10.9 Å². The zero-order valence-corrected chi connectivity index (χ0v) is 17.7. The summed E-state index contributed by atoms with van der Waals surface area (Å²) in [5, 5.41) is 9.26. The number of hydrogen-bond acceptors (Lipinski definition) is 4. The molecule has 4 nitrogen and oxygen atoms in total. The largest absolute Gasteiger partial charge is 0.331 e. The molecule has 8 heteroatoms.